The third-order valence-electron chi connectivity index (χ3n) is 2.72. The fourth-order valence-corrected chi connectivity index (χ4v) is 1.68. The Morgan fingerprint density at radius 3 is 2.86 bits per heavy atom. The molecule has 0 saturated heterocycles. The fraction of sp³-hybridized carbons (Fsp3) is 0.583. The molecule has 0 bridgehead atoms. The number of aromatic nitrogens is 1. The van der Waals surface area contributed by atoms with Gasteiger partial charge in [-0.15, -0.1) is 0 Å². The van der Waals surface area contributed by atoms with Crippen LogP contribution in [-0.4, -0.2) is 16.2 Å². The highest BCUT2D eigenvalue weighted by atomic mass is 16.3. The highest BCUT2D eigenvalue weighted by Gasteiger charge is 2.24. The number of pyridine rings is 1. The first kappa shape index (κ1) is 9.66. The van der Waals surface area contributed by atoms with Gasteiger partial charge in [-0.2, -0.15) is 0 Å². The Labute approximate surface area is 85.0 Å². The van der Waals surface area contributed by atoms with E-state index in [1.165, 1.54) is 18.4 Å². The van der Waals surface area contributed by atoms with Gasteiger partial charge in [0.25, 0.3) is 0 Å². The molecule has 1 atom stereocenters. The number of aryl methyl sites for hydroxylation is 1. The molecular formula is C12H17NO. The molecule has 1 fully saturated rings. The van der Waals surface area contributed by atoms with Crippen molar-refractivity contribution in [2.24, 2.45) is 5.92 Å². The number of nitrogens with zero attached hydrogens (tertiary/aromatic N) is 1. The first-order chi connectivity index (χ1) is 6.74. The van der Waals surface area contributed by atoms with Gasteiger partial charge >= 0.3 is 0 Å². The number of hydrogen-bond acceptors (Lipinski definition) is 2. The first-order valence-electron chi connectivity index (χ1n) is 5.33. The van der Waals surface area contributed by atoms with Gasteiger partial charge in [0.15, 0.2) is 0 Å². The summed E-state index contributed by atoms with van der Waals surface area (Å²) >= 11 is 0. The van der Waals surface area contributed by atoms with Gasteiger partial charge in [0.1, 0.15) is 0 Å². The lowest BCUT2D eigenvalue weighted by atomic mass is 10.1. The predicted molar refractivity (Wildman–Crippen MR) is 56.0 cm³/mol. The molecule has 1 aromatic rings. The van der Waals surface area contributed by atoms with Crippen LogP contribution in [-0.2, 0) is 6.42 Å². The maximum Gasteiger partial charge on any atom is 0.0598 e. The lowest BCUT2D eigenvalue weighted by Gasteiger charge is -2.08. The summed E-state index contributed by atoms with van der Waals surface area (Å²) in [6.45, 7) is 2.03. The van der Waals surface area contributed by atoms with Crippen LogP contribution in [0.4, 0.5) is 0 Å². The molecule has 1 aromatic heterocycles. The Morgan fingerprint density at radius 1 is 1.50 bits per heavy atom. The molecule has 1 aliphatic carbocycles. The standard InChI is InChI=1S/C12H17NO/c1-9-2-5-11(13-8-9)7-12(14)6-10-3-4-10/h2,5,8,10,12,14H,3-4,6-7H2,1H3. The van der Waals surface area contributed by atoms with Crippen molar-refractivity contribution in [1.82, 2.24) is 4.98 Å². The molecule has 0 spiro atoms. The molecule has 1 aliphatic rings. The smallest absolute Gasteiger partial charge is 0.0598 e. The summed E-state index contributed by atoms with van der Waals surface area (Å²) in [6, 6.07) is 4.05. The summed E-state index contributed by atoms with van der Waals surface area (Å²) in [7, 11) is 0. The molecule has 14 heavy (non-hydrogen) atoms. The van der Waals surface area contributed by atoms with E-state index in [0.717, 1.165) is 18.0 Å². The van der Waals surface area contributed by atoms with Crippen LogP contribution in [0.25, 0.3) is 0 Å². The molecular weight excluding hydrogens is 174 g/mol. The largest absolute Gasteiger partial charge is 0.393 e. The summed E-state index contributed by atoms with van der Waals surface area (Å²) in [5.74, 6) is 0.787. The van der Waals surface area contributed by atoms with Gasteiger partial charge < -0.3 is 5.11 Å². The highest BCUT2D eigenvalue weighted by Crippen LogP contribution is 2.33. The summed E-state index contributed by atoms with van der Waals surface area (Å²) < 4.78 is 0. The van der Waals surface area contributed by atoms with Gasteiger partial charge in [-0.05, 0) is 30.9 Å². The Bertz CT molecular complexity index is 290. The van der Waals surface area contributed by atoms with Gasteiger partial charge in [-0.1, -0.05) is 18.9 Å². The van der Waals surface area contributed by atoms with Crippen LogP contribution >= 0.6 is 0 Å². The normalized spacial score (nSPS) is 18.1. The Hall–Kier alpha value is -0.890. The Kier molecular flexibility index (Phi) is 2.82. The van der Waals surface area contributed by atoms with E-state index in [1.54, 1.807) is 0 Å². The number of rotatable bonds is 4. The van der Waals surface area contributed by atoms with Crippen molar-refractivity contribution in [2.75, 3.05) is 0 Å². The van der Waals surface area contributed by atoms with E-state index in [2.05, 4.69) is 4.98 Å². The van der Waals surface area contributed by atoms with Gasteiger partial charge in [0, 0.05) is 18.3 Å². The monoisotopic (exact) mass is 191 g/mol. The second-order valence-electron chi connectivity index (χ2n) is 4.36. The maximum atomic E-state index is 9.74. The second-order valence-corrected chi connectivity index (χ2v) is 4.36. The van der Waals surface area contributed by atoms with Crippen LogP contribution in [0.3, 0.4) is 0 Å². The van der Waals surface area contributed by atoms with Crippen LogP contribution in [0.2, 0.25) is 0 Å². The van der Waals surface area contributed by atoms with E-state index < -0.39 is 0 Å². The predicted octanol–water partition coefficient (Wildman–Crippen LogP) is 2.09. The summed E-state index contributed by atoms with van der Waals surface area (Å²) in [5, 5.41) is 9.74. The SMILES string of the molecule is Cc1ccc(CC(O)CC2CC2)nc1. The lowest BCUT2D eigenvalue weighted by Crippen LogP contribution is -2.12. The van der Waals surface area contributed by atoms with Crippen LogP contribution < -0.4 is 0 Å². The van der Waals surface area contributed by atoms with Crippen LogP contribution in [0.15, 0.2) is 18.3 Å². The molecule has 0 amide bonds. The van der Waals surface area contributed by atoms with Crippen molar-refractivity contribution >= 4 is 0 Å². The molecule has 2 heteroatoms. The van der Waals surface area contributed by atoms with Crippen LogP contribution in [0.5, 0.6) is 0 Å². The topological polar surface area (TPSA) is 33.1 Å². The number of hydrogen-bond donors (Lipinski definition) is 1. The van der Waals surface area contributed by atoms with Crippen molar-refractivity contribution in [2.45, 2.75) is 38.7 Å². The van der Waals surface area contributed by atoms with E-state index in [-0.39, 0.29) is 6.10 Å². The molecule has 0 aliphatic heterocycles. The van der Waals surface area contributed by atoms with E-state index in [9.17, 15) is 5.11 Å². The molecule has 1 heterocycles. The average molecular weight is 191 g/mol. The second kappa shape index (κ2) is 4.09. The third kappa shape index (κ3) is 2.81. The van der Waals surface area contributed by atoms with E-state index in [0.29, 0.717) is 6.42 Å². The Balaban J connectivity index is 1.85. The zero-order valence-electron chi connectivity index (χ0n) is 8.61. The lowest BCUT2D eigenvalue weighted by molar-refractivity contribution is 0.157. The van der Waals surface area contributed by atoms with Crippen molar-refractivity contribution < 1.29 is 5.11 Å². The molecule has 1 saturated carbocycles. The zero-order chi connectivity index (χ0) is 9.97. The average Bonchev–Trinajstić information content (AvgIpc) is 2.93. The number of aliphatic hydroxyl groups excluding tert-OH is 1. The summed E-state index contributed by atoms with van der Waals surface area (Å²) in [6.07, 6.45) is 5.93. The summed E-state index contributed by atoms with van der Waals surface area (Å²) in [4.78, 5) is 4.29. The minimum Gasteiger partial charge on any atom is -0.393 e. The molecule has 76 valence electrons. The zero-order valence-corrected chi connectivity index (χ0v) is 8.61. The quantitative estimate of drug-likeness (QED) is 0.790. The van der Waals surface area contributed by atoms with Crippen molar-refractivity contribution in [3.8, 4) is 0 Å². The van der Waals surface area contributed by atoms with E-state index in [4.69, 9.17) is 0 Å². The third-order valence-corrected chi connectivity index (χ3v) is 2.72. The molecule has 1 unspecified atom stereocenters. The maximum absolute atomic E-state index is 9.74. The molecule has 2 nitrogen and oxygen atoms in total. The minimum atomic E-state index is -0.197. The van der Waals surface area contributed by atoms with Crippen LogP contribution in [0, 0.1) is 12.8 Å². The van der Waals surface area contributed by atoms with Crippen molar-refractivity contribution in [3.63, 3.8) is 0 Å². The minimum absolute atomic E-state index is 0.197. The van der Waals surface area contributed by atoms with Gasteiger partial charge in [0.05, 0.1) is 6.10 Å². The fourth-order valence-electron chi connectivity index (χ4n) is 1.68. The van der Waals surface area contributed by atoms with Gasteiger partial charge in [0.2, 0.25) is 0 Å². The van der Waals surface area contributed by atoms with E-state index in [1.807, 2.05) is 25.3 Å². The van der Waals surface area contributed by atoms with Crippen molar-refractivity contribution in [3.05, 3.63) is 29.6 Å². The molecule has 1 N–H and O–H groups in total. The van der Waals surface area contributed by atoms with Gasteiger partial charge in [-0.3, -0.25) is 4.98 Å². The summed E-state index contributed by atoms with van der Waals surface area (Å²) in [5.41, 5.74) is 2.18. The number of aliphatic hydroxyl groups is 1. The Morgan fingerprint density at radius 2 is 2.29 bits per heavy atom. The van der Waals surface area contributed by atoms with Gasteiger partial charge in [-0.25, -0.2) is 0 Å². The molecule has 0 radical (unpaired) electrons. The van der Waals surface area contributed by atoms with Crippen LogP contribution in [0.1, 0.15) is 30.5 Å². The highest BCUT2D eigenvalue weighted by molar-refractivity contribution is 5.12. The molecule has 0 aromatic carbocycles. The van der Waals surface area contributed by atoms with Crippen molar-refractivity contribution in [1.29, 1.82) is 0 Å². The first-order valence-corrected chi connectivity index (χ1v) is 5.33. The van der Waals surface area contributed by atoms with E-state index >= 15 is 0 Å². The molecule has 2 rings (SSSR count).